The molecule has 1 fully saturated rings. The molecule has 1 saturated heterocycles. The van der Waals surface area contributed by atoms with Crippen LogP contribution in [0.1, 0.15) is 24.1 Å². The van der Waals surface area contributed by atoms with Crippen molar-refractivity contribution in [2.45, 2.75) is 25.7 Å². The van der Waals surface area contributed by atoms with E-state index in [0.29, 0.717) is 6.54 Å². The lowest BCUT2D eigenvalue weighted by Gasteiger charge is -2.31. The van der Waals surface area contributed by atoms with E-state index in [-0.39, 0.29) is 5.91 Å². The lowest BCUT2D eigenvalue weighted by Crippen LogP contribution is -2.42. The molecule has 1 aliphatic heterocycles. The van der Waals surface area contributed by atoms with Gasteiger partial charge >= 0.3 is 0 Å². The minimum Gasteiger partial charge on any atom is -0.355 e. The summed E-state index contributed by atoms with van der Waals surface area (Å²) < 4.78 is 0. The van der Waals surface area contributed by atoms with Crippen LogP contribution < -0.4 is 10.6 Å². The Morgan fingerprint density at radius 1 is 1.38 bits per heavy atom. The normalized spacial score (nSPS) is 17.0. The largest absolute Gasteiger partial charge is 0.355 e. The maximum Gasteiger partial charge on any atom is 0.234 e. The van der Waals surface area contributed by atoms with Crippen LogP contribution in [0, 0.1) is 5.92 Å². The summed E-state index contributed by atoms with van der Waals surface area (Å²) in [6, 6.07) is 4.17. The molecule has 1 amide bonds. The standard InChI is InChI=1S/C16H27N3OS/c1-17-8-4-14-6-10-19(11-7-14)13-16(20)18-9-5-15-3-2-12-21-15/h2-3,12,14,17H,4-11,13H2,1H3,(H,18,20). The zero-order chi connectivity index (χ0) is 14.9. The van der Waals surface area contributed by atoms with Gasteiger partial charge in [0.2, 0.25) is 5.91 Å². The van der Waals surface area contributed by atoms with Crippen LogP contribution in [0.15, 0.2) is 17.5 Å². The SMILES string of the molecule is CNCCC1CCN(CC(=O)NCCc2cccs2)CC1. The molecule has 0 saturated carbocycles. The van der Waals surface area contributed by atoms with E-state index in [1.165, 1.54) is 24.1 Å². The maximum atomic E-state index is 11.9. The van der Waals surface area contributed by atoms with E-state index in [1.54, 1.807) is 11.3 Å². The lowest BCUT2D eigenvalue weighted by molar-refractivity contribution is -0.122. The first kappa shape index (κ1) is 16.5. The number of carbonyl (C=O) groups is 1. The zero-order valence-corrected chi connectivity index (χ0v) is 13.8. The van der Waals surface area contributed by atoms with E-state index >= 15 is 0 Å². The van der Waals surface area contributed by atoms with Gasteiger partial charge in [-0.25, -0.2) is 0 Å². The average molecular weight is 309 g/mol. The Labute approximate surface area is 131 Å². The molecule has 21 heavy (non-hydrogen) atoms. The first-order chi connectivity index (χ1) is 10.3. The first-order valence-corrected chi connectivity index (χ1v) is 8.82. The highest BCUT2D eigenvalue weighted by molar-refractivity contribution is 7.09. The van der Waals surface area contributed by atoms with Gasteiger partial charge in [-0.05, 0) is 69.7 Å². The molecule has 0 unspecified atom stereocenters. The van der Waals surface area contributed by atoms with Gasteiger partial charge in [0.05, 0.1) is 6.54 Å². The van der Waals surface area contributed by atoms with Crippen LogP contribution >= 0.6 is 11.3 Å². The maximum absolute atomic E-state index is 11.9. The summed E-state index contributed by atoms with van der Waals surface area (Å²) in [5, 5.41) is 8.32. The molecule has 1 aromatic rings. The summed E-state index contributed by atoms with van der Waals surface area (Å²) in [7, 11) is 2.01. The molecule has 0 bridgehead atoms. The van der Waals surface area contributed by atoms with Gasteiger partial charge in [0.1, 0.15) is 0 Å². The van der Waals surface area contributed by atoms with Gasteiger partial charge in [0.25, 0.3) is 0 Å². The summed E-state index contributed by atoms with van der Waals surface area (Å²) in [6.45, 7) is 4.54. The second kappa shape index (κ2) is 9.18. The van der Waals surface area contributed by atoms with Crippen LogP contribution in [0.3, 0.4) is 0 Å². The molecule has 0 atom stereocenters. The molecule has 2 heterocycles. The van der Waals surface area contributed by atoms with Gasteiger partial charge in [-0.2, -0.15) is 0 Å². The van der Waals surface area contributed by atoms with E-state index in [9.17, 15) is 4.79 Å². The number of rotatable bonds is 8. The molecule has 2 rings (SSSR count). The fourth-order valence-electron chi connectivity index (χ4n) is 2.82. The Kier molecular flexibility index (Phi) is 7.19. The second-order valence-corrected chi connectivity index (χ2v) is 6.82. The van der Waals surface area contributed by atoms with Gasteiger partial charge in [-0.3, -0.25) is 9.69 Å². The molecule has 1 aliphatic rings. The number of amides is 1. The number of hydrogen-bond acceptors (Lipinski definition) is 4. The molecule has 1 aromatic heterocycles. The Balaban J connectivity index is 1.56. The number of nitrogens with zero attached hydrogens (tertiary/aromatic N) is 1. The highest BCUT2D eigenvalue weighted by atomic mass is 32.1. The topological polar surface area (TPSA) is 44.4 Å². The smallest absolute Gasteiger partial charge is 0.234 e. The highest BCUT2D eigenvalue weighted by Crippen LogP contribution is 2.19. The average Bonchev–Trinajstić information content (AvgIpc) is 3.00. The van der Waals surface area contributed by atoms with E-state index < -0.39 is 0 Å². The molecule has 0 aliphatic carbocycles. The molecule has 118 valence electrons. The monoisotopic (exact) mass is 309 g/mol. The van der Waals surface area contributed by atoms with Crippen molar-refractivity contribution in [1.29, 1.82) is 0 Å². The van der Waals surface area contributed by atoms with Crippen molar-refractivity contribution < 1.29 is 4.79 Å². The van der Waals surface area contributed by atoms with Crippen LogP contribution in [0.25, 0.3) is 0 Å². The Hall–Kier alpha value is -0.910. The minimum atomic E-state index is 0.167. The number of likely N-dealkylation sites (tertiary alicyclic amines) is 1. The van der Waals surface area contributed by atoms with E-state index in [1.807, 2.05) is 7.05 Å². The van der Waals surface area contributed by atoms with Crippen LogP contribution in [-0.2, 0) is 11.2 Å². The highest BCUT2D eigenvalue weighted by Gasteiger charge is 2.20. The molecule has 0 radical (unpaired) electrons. The Bertz CT molecular complexity index is 400. The minimum absolute atomic E-state index is 0.167. The Morgan fingerprint density at radius 3 is 2.86 bits per heavy atom. The van der Waals surface area contributed by atoms with Crippen LogP contribution in [-0.4, -0.2) is 50.6 Å². The quantitative estimate of drug-likeness (QED) is 0.769. The number of hydrogen-bond donors (Lipinski definition) is 2. The number of nitrogens with one attached hydrogen (secondary N) is 2. The molecular formula is C16H27N3OS. The van der Waals surface area contributed by atoms with Crippen molar-refractivity contribution in [2.24, 2.45) is 5.92 Å². The second-order valence-electron chi connectivity index (χ2n) is 5.79. The number of thiophene rings is 1. The zero-order valence-electron chi connectivity index (χ0n) is 12.9. The predicted molar refractivity (Wildman–Crippen MR) is 88.7 cm³/mol. The van der Waals surface area contributed by atoms with E-state index in [0.717, 1.165) is 38.5 Å². The van der Waals surface area contributed by atoms with Crippen molar-refractivity contribution in [2.75, 3.05) is 39.8 Å². The van der Waals surface area contributed by atoms with Gasteiger partial charge in [0.15, 0.2) is 0 Å². The van der Waals surface area contributed by atoms with Crippen molar-refractivity contribution in [1.82, 2.24) is 15.5 Å². The van der Waals surface area contributed by atoms with Crippen LogP contribution in [0.5, 0.6) is 0 Å². The van der Waals surface area contributed by atoms with E-state index in [2.05, 4.69) is 33.0 Å². The third-order valence-electron chi connectivity index (χ3n) is 4.15. The summed E-state index contributed by atoms with van der Waals surface area (Å²) in [4.78, 5) is 15.6. The van der Waals surface area contributed by atoms with Crippen molar-refractivity contribution in [3.63, 3.8) is 0 Å². The molecular weight excluding hydrogens is 282 g/mol. The number of piperidine rings is 1. The summed E-state index contributed by atoms with van der Waals surface area (Å²) in [5.41, 5.74) is 0. The van der Waals surface area contributed by atoms with Gasteiger partial charge in [-0.1, -0.05) is 6.07 Å². The number of carbonyl (C=O) groups excluding carboxylic acids is 1. The summed E-state index contributed by atoms with van der Waals surface area (Å²) in [6.07, 6.45) is 4.65. The molecule has 5 heteroatoms. The van der Waals surface area contributed by atoms with Gasteiger partial charge in [-0.15, -0.1) is 11.3 Å². The molecule has 0 spiro atoms. The fraction of sp³-hybridized carbons (Fsp3) is 0.688. The van der Waals surface area contributed by atoms with Crippen molar-refractivity contribution in [3.05, 3.63) is 22.4 Å². The van der Waals surface area contributed by atoms with Crippen LogP contribution in [0.4, 0.5) is 0 Å². The molecule has 2 N–H and O–H groups in total. The van der Waals surface area contributed by atoms with Gasteiger partial charge in [0, 0.05) is 11.4 Å². The van der Waals surface area contributed by atoms with Gasteiger partial charge < -0.3 is 10.6 Å². The summed E-state index contributed by atoms with van der Waals surface area (Å²) >= 11 is 1.75. The van der Waals surface area contributed by atoms with Crippen LogP contribution in [0.2, 0.25) is 0 Å². The first-order valence-electron chi connectivity index (χ1n) is 7.94. The third kappa shape index (κ3) is 6.16. The third-order valence-corrected chi connectivity index (χ3v) is 5.09. The predicted octanol–water partition coefficient (Wildman–Crippen LogP) is 1.73. The van der Waals surface area contributed by atoms with Crippen molar-refractivity contribution in [3.8, 4) is 0 Å². The van der Waals surface area contributed by atoms with Crippen molar-refractivity contribution >= 4 is 17.2 Å². The molecule has 0 aromatic carbocycles. The van der Waals surface area contributed by atoms with E-state index in [4.69, 9.17) is 0 Å². The Morgan fingerprint density at radius 2 is 2.19 bits per heavy atom. The fourth-order valence-corrected chi connectivity index (χ4v) is 3.53. The summed E-state index contributed by atoms with van der Waals surface area (Å²) in [5.74, 6) is 0.996. The molecule has 4 nitrogen and oxygen atoms in total. The lowest BCUT2D eigenvalue weighted by atomic mass is 9.93.